The summed E-state index contributed by atoms with van der Waals surface area (Å²) in [6.45, 7) is 7.67. The molecule has 1 saturated carbocycles. The third kappa shape index (κ3) is 3.34. The molecule has 1 aromatic rings. The normalized spacial score (nSPS) is 14.9. The van der Waals surface area contributed by atoms with Gasteiger partial charge in [-0.15, -0.1) is 0 Å². The Morgan fingerprint density at radius 2 is 2.11 bits per heavy atom. The highest BCUT2D eigenvalue weighted by Crippen LogP contribution is 2.31. The number of aryl methyl sites for hydroxylation is 1. The second-order valence-corrected chi connectivity index (χ2v) is 5.55. The summed E-state index contributed by atoms with van der Waals surface area (Å²) < 4.78 is 0. The molecule has 18 heavy (non-hydrogen) atoms. The first-order valence-electron chi connectivity index (χ1n) is 6.90. The van der Waals surface area contributed by atoms with Gasteiger partial charge >= 0.3 is 0 Å². The van der Waals surface area contributed by atoms with Crippen LogP contribution < -0.4 is 10.2 Å². The van der Waals surface area contributed by atoms with E-state index in [0.717, 1.165) is 29.9 Å². The van der Waals surface area contributed by atoms with Crippen molar-refractivity contribution in [2.45, 2.75) is 46.1 Å². The summed E-state index contributed by atoms with van der Waals surface area (Å²) in [6, 6.07) is 2.79. The quantitative estimate of drug-likeness (QED) is 0.840. The lowest BCUT2D eigenvalue weighted by Gasteiger charge is -2.25. The highest BCUT2D eigenvalue weighted by molar-refractivity contribution is 5.46. The first-order chi connectivity index (χ1) is 8.60. The molecule has 1 heterocycles. The van der Waals surface area contributed by atoms with E-state index in [-0.39, 0.29) is 0 Å². The average molecular weight is 248 g/mol. The molecule has 1 fully saturated rings. The fraction of sp³-hybridized carbons (Fsp3) is 0.714. The van der Waals surface area contributed by atoms with Crippen molar-refractivity contribution in [3.05, 3.63) is 11.8 Å². The van der Waals surface area contributed by atoms with E-state index in [0.29, 0.717) is 6.04 Å². The molecule has 4 nitrogen and oxygen atoms in total. The zero-order valence-corrected chi connectivity index (χ0v) is 11.9. The van der Waals surface area contributed by atoms with Gasteiger partial charge in [0.2, 0.25) is 5.95 Å². The molecule has 0 unspecified atom stereocenters. The Balaban J connectivity index is 2.16. The zero-order chi connectivity index (χ0) is 13.1. The number of hydrogen-bond acceptors (Lipinski definition) is 4. The molecular formula is C14H24N4. The molecule has 1 aliphatic carbocycles. The molecule has 0 aromatic carbocycles. The Labute approximate surface area is 110 Å². The summed E-state index contributed by atoms with van der Waals surface area (Å²) in [5, 5.41) is 3.04. The van der Waals surface area contributed by atoms with Gasteiger partial charge in [0, 0.05) is 31.4 Å². The molecule has 1 aliphatic rings. The van der Waals surface area contributed by atoms with Gasteiger partial charge in [-0.25, -0.2) is 4.98 Å². The number of aromatic nitrogens is 2. The van der Waals surface area contributed by atoms with E-state index in [2.05, 4.69) is 40.1 Å². The van der Waals surface area contributed by atoms with Crippen LogP contribution in [0.15, 0.2) is 6.07 Å². The minimum Gasteiger partial charge on any atom is -0.357 e. The molecule has 4 heteroatoms. The highest BCUT2D eigenvalue weighted by Gasteiger charge is 2.30. The van der Waals surface area contributed by atoms with Crippen LogP contribution in [0.4, 0.5) is 11.8 Å². The van der Waals surface area contributed by atoms with Crippen LogP contribution >= 0.6 is 0 Å². The van der Waals surface area contributed by atoms with Crippen molar-refractivity contribution in [2.75, 3.05) is 23.8 Å². The van der Waals surface area contributed by atoms with E-state index >= 15 is 0 Å². The van der Waals surface area contributed by atoms with Gasteiger partial charge in [0.25, 0.3) is 0 Å². The van der Waals surface area contributed by atoms with Crippen LogP contribution in [-0.4, -0.2) is 29.6 Å². The minimum absolute atomic E-state index is 0.697. The molecule has 0 saturated heterocycles. The predicted octanol–water partition coefficient (Wildman–Crippen LogP) is 2.84. The molecule has 100 valence electrons. The Kier molecular flexibility index (Phi) is 4.04. The van der Waals surface area contributed by atoms with Gasteiger partial charge in [-0.1, -0.05) is 13.8 Å². The van der Waals surface area contributed by atoms with E-state index in [1.807, 2.05) is 14.0 Å². The molecule has 0 amide bonds. The molecule has 0 radical (unpaired) electrons. The molecule has 0 spiro atoms. The third-order valence-corrected chi connectivity index (χ3v) is 3.29. The van der Waals surface area contributed by atoms with E-state index in [1.165, 1.54) is 19.3 Å². The number of nitrogens with zero attached hydrogens (tertiary/aromatic N) is 3. The number of anilines is 2. The summed E-state index contributed by atoms with van der Waals surface area (Å²) >= 11 is 0. The second kappa shape index (κ2) is 5.55. The van der Waals surface area contributed by atoms with Gasteiger partial charge in [0.15, 0.2) is 0 Å². The van der Waals surface area contributed by atoms with E-state index in [4.69, 9.17) is 0 Å². The number of hydrogen-bond donors (Lipinski definition) is 1. The van der Waals surface area contributed by atoms with Crippen molar-refractivity contribution in [1.82, 2.24) is 9.97 Å². The average Bonchev–Trinajstić information content (AvgIpc) is 3.12. The zero-order valence-electron chi connectivity index (χ0n) is 11.9. The van der Waals surface area contributed by atoms with Crippen LogP contribution in [0, 0.1) is 12.8 Å². The molecule has 0 aliphatic heterocycles. The van der Waals surface area contributed by atoms with Crippen LogP contribution in [0.2, 0.25) is 0 Å². The Hall–Kier alpha value is -1.32. The molecule has 1 aromatic heterocycles. The minimum atomic E-state index is 0.697. The largest absolute Gasteiger partial charge is 0.357 e. The first-order valence-corrected chi connectivity index (χ1v) is 6.90. The Bertz CT molecular complexity index is 399. The van der Waals surface area contributed by atoms with Gasteiger partial charge in [-0.3, -0.25) is 0 Å². The molecular weight excluding hydrogens is 224 g/mol. The smallest absolute Gasteiger partial charge is 0.224 e. The van der Waals surface area contributed by atoms with Crippen molar-refractivity contribution >= 4 is 11.8 Å². The lowest BCUT2D eigenvalue weighted by molar-refractivity contribution is 0.568. The Morgan fingerprint density at radius 1 is 1.39 bits per heavy atom. The Morgan fingerprint density at radius 3 is 2.67 bits per heavy atom. The topological polar surface area (TPSA) is 41.1 Å². The van der Waals surface area contributed by atoms with Crippen LogP contribution in [0.1, 0.15) is 38.8 Å². The van der Waals surface area contributed by atoms with E-state index < -0.39 is 0 Å². The summed E-state index contributed by atoms with van der Waals surface area (Å²) in [6.07, 6.45) is 3.82. The predicted molar refractivity (Wildman–Crippen MR) is 76.1 cm³/mol. The second-order valence-electron chi connectivity index (χ2n) is 5.55. The van der Waals surface area contributed by atoms with Crippen LogP contribution in [0.3, 0.4) is 0 Å². The fourth-order valence-electron chi connectivity index (χ4n) is 2.08. The molecule has 0 atom stereocenters. The lowest BCUT2D eigenvalue weighted by atomic mass is 10.1. The van der Waals surface area contributed by atoms with Crippen molar-refractivity contribution in [3.63, 3.8) is 0 Å². The van der Waals surface area contributed by atoms with Crippen molar-refractivity contribution < 1.29 is 0 Å². The van der Waals surface area contributed by atoms with Crippen LogP contribution in [-0.2, 0) is 0 Å². The van der Waals surface area contributed by atoms with E-state index in [1.54, 1.807) is 0 Å². The SMILES string of the molecule is CNc1nc(C)cc(N(CCC(C)C)C2CC2)n1. The van der Waals surface area contributed by atoms with Crippen LogP contribution in [0.25, 0.3) is 0 Å². The molecule has 0 bridgehead atoms. The summed E-state index contributed by atoms with van der Waals surface area (Å²) in [5.74, 6) is 2.54. The maximum Gasteiger partial charge on any atom is 0.224 e. The lowest BCUT2D eigenvalue weighted by Crippen LogP contribution is -2.29. The van der Waals surface area contributed by atoms with Gasteiger partial charge in [0.05, 0.1) is 0 Å². The van der Waals surface area contributed by atoms with Gasteiger partial charge in [-0.2, -0.15) is 4.98 Å². The van der Waals surface area contributed by atoms with Gasteiger partial charge in [0.1, 0.15) is 5.82 Å². The summed E-state index contributed by atoms with van der Waals surface area (Å²) in [5.41, 5.74) is 1.03. The van der Waals surface area contributed by atoms with Gasteiger partial charge in [-0.05, 0) is 32.1 Å². The molecule has 2 rings (SSSR count). The third-order valence-electron chi connectivity index (χ3n) is 3.29. The summed E-state index contributed by atoms with van der Waals surface area (Å²) in [7, 11) is 1.87. The number of rotatable bonds is 6. The standard InChI is InChI=1S/C14H24N4/c1-10(2)7-8-18(12-5-6-12)13-9-11(3)16-14(15-4)17-13/h9-10,12H,5-8H2,1-4H3,(H,15,16,17). The summed E-state index contributed by atoms with van der Waals surface area (Å²) in [4.78, 5) is 11.4. The highest BCUT2D eigenvalue weighted by atomic mass is 15.3. The van der Waals surface area contributed by atoms with Crippen molar-refractivity contribution in [3.8, 4) is 0 Å². The maximum atomic E-state index is 4.60. The van der Waals surface area contributed by atoms with Crippen molar-refractivity contribution in [2.24, 2.45) is 5.92 Å². The fourth-order valence-corrected chi connectivity index (χ4v) is 2.08. The monoisotopic (exact) mass is 248 g/mol. The van der Waals surface area contributed by atoms with E-state index in [9.17, 15) is 0 Å². The number of nitrogens with one attached hydrogen (secondary N) is 1. The van der Waals surface area contributed by atoms with Crippen LogP contribution in [0.5, 0.6) is 0 Å². The van der Waals surface area contributed by atoms with Gasteiger partial charge < -0.3 is 10.2 Å². The molecule has 1 N–H and O–H groups in total. The maximum absolute atomic E-state index is 4.60. The first kappa shape index (κ1) is 13.1. The van der Waals surface area contributed by atoms with Crippen molar-refractivity contribution in [1.29, 1.82) is 0 Å².